The molecule has 2 amide bonds. The lowest BCUT2D eigenvalue weighted by molar-refractivity contribution is -0.310. The van der Waals surface area contributed by atoms with Crippen LogP contribution in [0.4, 0.5) is 0 Å². The number of phenolic OH excluding ortho intramolecular Hbond substituents is 1. The fourth-order valence-electron chi connectivity index (χ4n) is 3.63. The van der Waals surface area contributed by atoms with Crippen LogP contribution in [0.5, 0.6) is 5.75 Å². The van der Waals surface area contributed by atoms with E-state index in [1.165, 1.54) is 12.1 Å². The topological polar surface area (TPSA) is 97.7 Å². The van der Waals surface area contributed by atoms with Gasteiger partial charge in [-0.2, -0.15) is 0 Å². The van der Waals surface area contributed by atoms with Crippen molar-refractivity contribution < 1.29 is 24.6 Å². The molecule has 0 bridgehead atoms. The highest BCUT2D eigenvalue weighted by Crippen LogP contribution is 2.39. The van der Waals surface area contributed by atoms with Gasteiger partial charge in [0, 0.05) is 0 Å². The van der Waals surface area contributed by atoms with E-state index in [1.807, 2.05) is 0 Å². The van der Waals surface area contributed by atoms with Gasteiger partial charge >= 0.3 is 0 Å². The molecule has 1 heterocycles. The van der Waals surface area contributed by atoms with Gasteiger partial charge in [-0.15, -0.1) is 0 Å². The van der Waals surface area contributed by atoms with E-state index < -0.39 is 12.0 Å². The van der Waals surface area contributed by atoms with Gasteiger partial charge in [-0.3, -0.25) is 14.5 Å². The van der Waals surface area contributed by atoms with Crippen molar-refractivity contribution >= 4 is 17.8 Å². The van der Waals surface area contributed by atoms with E-state index in [1.54, 1.807) is 12.1 Å². The molecular formula is C17H18NO5-. The monoisotopic (exact) mass is 316 g/mol. The normalized spacial score (nSPS) is 25.3. The number of hydrogen-bond acceptors (Lipinski definition) is 5. The summed E-state index contributed by atoms with van der Waals surface area (Å²) in [6, 6.07) is 4.72. The number of carboxylic acids is 1. The van der Waals surface area contributed by atoms with Gasteiger partial charge in [0.1, 0.15) is 5.75 Å². The summed E-state index contributed by atoms with van der Waals surface area (Å²) in [6.45, 7) is 0. The van der Waals surface area contributed by atoms with Gasteiger partial charge in [-0.25, -0.2) is 0 Å². The Hall–Kier alpha value is -2.37. The summed E-state index contributed by atoms with van der Waals surface area (Å²) in [7, 11) is 0. The summed E-state index contributed by atoms with van der Waals surface area (Å²) in [5, 5.41) is 20.8. The molecule has 1 saturated carbocycles. The fourth-order valence-corrected chi connectivity index (χ4v) is 3.63. The summed E-state index contributed by atoms with van der Waals surface area (Å²) >= 11 is 0. The zero-order valence-corrected chi connectivity index (χ0v) is 12.6. The number of nitrogens with zero attached hydrogens (tertiary/aromatic N) is 1. The standard InChI is InChI=1S/C17H19NO5/c19-11-7-5-10(6-8-11)9-14(17(22)23)18-15(20)12-3-1-2-4-13(12)16(18)21/h5-8,12-14,19H,1-4,9H2,(H,22,23)/p-1/t12-,13-,14+/m0/s1. The second-order valence-electron chi connectivity index (χ2n) is 6.25. The predicted octanol–water partition coefficient (Wildman–Crippen LogP) is 0.228. The Labute approximate surface area is 133 Å². The predicted molar refractivity (Wildman–Crippen MR) is 77.9 cm³/mol. The highest BCUT2D eigenvalue weighted by Gasteiger charge is 2.50. The molecule has 1 aromatic carbocycles. The molecule has 0 spiro atoms. The molecule has 6 nitrogen and oxygen atoms in total. The summed E-state index contributed by atoms with van der Waals surface area (Å²) in [5.74, 6) is -2.88. The summed E-state index contributed by atoms with van der Waals surface area (Å²) < 4.78 is 0. The van der Waals surface area contributed by atoms with Crippen LogP contribution in [0.15, 0.2) is 24.3 Å². The number of carboxylic acid groups (broad SMARTS) is 1. The Balaban J connectivity index is 1.85. The zero-order chi connectivity index (χ0) is 16.6. The molecule has 1 aliphatic heterocycles. The molecule has 1 N–H and O–H groups in total. The molecule has 0 aromatic heterocycles. The molecule has 1 aliphatic carbocycles. The highest BCUT2D eigenvalue weighted by molar-refractivity contribution is 6.07. The molecule has 122 valence electrons. The van der Waals surface area contributed by atoms with Crippen molar-refractivity contribution in [1.82, 2.24) is 4.90 Å². The molecule has 6 heteroatoms. The van der Waals surface area contributed by atoms with Crippen molar-refractivity contribution in [2.75, 3.05) is 0 Å². The number of aromatic hydroxyl groups is 1. The average molecular weight is 316 g/mol. The van der Waals surface area contributed by atoms with Crippen molar-refractivity contribution in [1.29, 1.82) is 0 Å². The Bertz CT molecular complexity index is 615. The zero-order valence-electron chi connectivity index (χ0n) is 12.6. The lowest BCUT2D eigenvalue weighted by Gasteiger charge is -2.27. The van der Waals surface area contributed by atoms with Gasteiger partial charge in [0.15, 0.2) is 0 Å². The maximum Gasteiger partial charge on any atom is 0.233 e. The molecule has 0 unspecified atom stereocenters. The number of benzene rings is 1. The van der Waals surface area contributed by atoms with Gasteiger partial charge in [0.05, 0.1) is 23.8 Å². The molecule has 2 aliphatic rings. The van der Waals surface area contributed by atoms with E-state index >= 15 is 0 Å². The molecule has 0 radical (unpaired) electrons. The van der Waals surface area contributed by atoms with Crippen LogP contribution in [0.3, 0.4) is 0 Å². The van der Waals surface area contributed by atoms with Gasteiger partial charge in [-0.1, -0.05) is 25.0 Å². The number of carbonyl (C=O) groups excluding carboxylic acids is 3. The third-order valence-corrected chi connectivity index (χ3v) is 4.82. The minimum atomic E-state index is -1.43. The maximum atomic E-state index is 12.5. The van der Waals surface area contributed by atoms with Crippen LogP contribution in [-0.2, 0) is 20.8 Å². The number of fused-ring (bicyclic) bond motifs is 1. The van der Waals surface area contributed by atoms with Crippen LogP contribution in [0.2, 0.25) is 0 Å². The molecule has 1 saturated heterocycles. The second kappa shape index (κ2) is 6.02. The van der Waals surface area contributed by atoms with Gasteiger partial charge in [0.2, 0.25) is 11.8 Å². The number of carbonyl (C=O) groups is 3. The van der Waals surface area contributed by atoms with E-state index in [4.69, 9.17) is 0 Å². The maximum absolute atomic E-state index is 12.5. The first-order valence-electron chi connectivity index (χ1n) is 7.84. The van der Waals surface area contributed by atoms with E-state index in [0.717, 1.165) is 17.7 Å². The van der Waals surface area contributed by atoms with E-state index in [-0.39, 0.29) is 35.8 Å². The van der Waals surface area contributed by atoms with Crippen molar-refractivity contribution in [3.63, 3.8) is 0 Å². The van der Waals surface area contributed by atoms with Crippen LogP contribution in [0, 0.1) is 11.8 Å². The van der Waals surface area contributed by atoms with Crippen LogP contribution in [0.25, 0.3) is 0 Å². The van der Waals surface area contributed by atoms with Gasteiger partial charge in [0.25, 0.3) is 0 Å². The van der Waals surface area contributed by atoms with Gasteiger partial charge in [-0.05, 0) is 37.0 Å². The Kier molecular flexibility index (Phi) is 4.07. The summed E-state index contributed by atoms with van der Waals surface area (Å²) in [4.78, 5) is 37.5. The Morgan fingerprint density at radius 3 is 2.13 bits per heavy atom. The molecule has 1 aromatic rings. The number of phenols is 1. The molecule has 23 heavy (non-hydrogen) atoms. The summed E-state index contributed by atoms with van der Waals surface area (Å²) in [6.07, 6.45) is 3.05. The van der Waals surface area contributed by atoms with Crippen molar-refractivity contribution in [3.8, 4) is 5.75 Å². The third-order valence-electron chi connectivity index (χ3n) is 4.82. The molecular weight excluding hydrogens is 298 g/mol. The number of likely N-dealkylation sites (tertiary alicyclic amines) is 1. The van der Waals surface area contributed by atoms with E-state index in [9.17, 15) is 24.6 Å². The van der Waals surface area contributed by atoms with E-state index in [2.05, 4.69) is 0 Å². The Morgan fingerprint density at radius 2 is 1.65 bits per heavy atom. The lowest BCUT2D eigenvalue weighted by atomic mass is 9.81. The van der Waals surface area contributed by atoms with Crippen LogP contribution in [-0.4, -0.2) is 33.8 Å². The molecule has 3 atom stereocenters. The van der Waals surface area contributed by atoms with Crippen molar-refractivity contribution in [2.45, 2.75) is 38.1 Å². The van der Waals surface area contributed by atoms with Crippen LogP contribution >= 0.6 is 0 Å². The van der Waals surface area contributed by atoms with Crippen molar-refractivity contribution in [3.05, 3.63) is 29.8 Å². The lowest BCUT2D eigenvalue weighted by Crippen LogP contribution is -2.52. The minimum absolute atomic E-state index is 0.0144. The third kappa shape index (κ3) is 2.81. The van der Waals surface area contributed by atoms with Crippen molar-refractivity contribution in [2.24, 2.45) is 11.8 Å². The number of hydrogen-bond donors (Lipinski definition) is 1. The average Bonchev–Trinajstić information content (AvgIpc) is 2.79. The highest BCUT2D eigenvalue weighted by atomic mass is 16.4. The Morgan fingerprint density at radius 1 is 1.13 bits per heavy atom. The fraction of sp³-hybridized carbons (Fsp3) is 0.471. The van der Waals surface area contributed by atoms with E-state index in [0.29, 0.717) is 18.4 Å². The largest absolute Gasteiger partial charge is 0.548 e. The van der Waals surface area contributed by atoms with Crippen LogP contribution in [0.1, 0.15) is 31.2 Å². The first-order chi connectivity index (χ1) is 11.0. The first kappa shape index (κ1) is 15.5. The first-order valence-corrected chi connectivity index (χ1v) is 7.84. The number of rotatable bonds is 4. The van der Waals surface area contributed by atoms with Crippen LogP contribution < -0.4 is 5.11 Å². The molecule has 3 rings (SSSR count). The quantitative estimate of drug-likeness (QED) is 0.802. The number of aliphatic carboxylic acids is 1. The summed E-state index contributed by atoms with van der Waals surface area (Å²) in [5.41, 5.74) is 0.618. The second-order valence-corrected chi connectivity index (χ2v) is 6.25. The van der Waals surface area contributed by atoms with Gasteiger partial charge < -0.3 is 15.0 Å². The number of amides is 2. The molecule has 2 fully saturated rings. The number of imide groups is 1. The smallest absolute Gasteiger partial charge is 0.233 e. The SMILES string of the molecule is O=C([O-])[C@@H](Cc1ccc(O)cc1)N1C(=O)[C@H]2CCCC[C@@H]2C1=O. The minimum Gasteiger partial charge on any atom is -0.548 e.